The minimum Gasteiger partial charge on any atom is -0.483 e. The van der Waals surface area contributed by atoms with Crippen LogP contribution in [0.25, 0.3) is 0 Å². The molecule has 1 aromatic carbocycles. The zero-order valence-electron chi connectivity index (χ0n) is 20.0. The lowest BCUT2D eigenvalue weighted by Crippen LogP contribution is -2.71. The predicted molar refractivity (Wildman–Crippen MR) is 130 cm³/mol. The van der Waals surface area contributed by atoms with Gasteiger partial charge < -0.3 is 30.9 Å². The number of hydrogen-bond donors (Lipinski definition) is 4. The van der Waals surface area contributed by atoms with Crippen LogP contribution in [0.4, 0.5) is 5.69 Å². The first-order valence-electron chi connectivity index (χ1n) is 12.0. The maximum atomic E-state index is 13.7. The summed E-state index contributed by atoms with van der Waals surface area (Å²) >= 11 is 0. The number of hydrogen-bond acceptors (Lipinski definition) is 8. The number of nitrogens with zero attached hydrogens (tertiary/aromatic N) is 1. The third-order valence-corrected chi connectivity index (χ3v) is 8.50. The quantitative estimate of drug-likeness (QED) is 0.265. The Bertz CT molecular complexity index is 1160. The van der Waals surface area contributed by atoms with Crippen molar-refractivity contribution in [2.45, 2.75) is 88.1 Å². The van der Waals surface area contributed by atoms with E-state index in [9.17, 15) is 28.2 Å². The number of carbonyl (C=O) groups is 2. The zero-order valence-corrected chi connectivity index (χ0v) is 20.9. The summed E-state index contributed by atoms with van der Waals surface area (Å²) in [6.07, 6.45) is 4.69. The maximum absolute atomic E-state index is 13.7. The van der Waals surface area contributed by atoms with Gasteiger partial charge in [-0.25, -0.2) is 4.79 Å². The van der Waals surface area contributed by atoms with Crippen molar-refractivity contribution in [3.8, 4) is 5.75 Å². The van der Waals surface area contributed by atoms with E-state index in [4.69, 9.17) is 10.5 Å². The molecule has 5 N–H and O–H groups in total. The van der Waals surface area contributed by atoms with Crippen LogP contribution >= 0.6 is 0 Å². The molecule has 1 aliphatic carbocycles. The maximum Gasteiger partial charge on any atom is 0.345 e. The number of aliphatic carboxylic acids is 1. The SMILES string of the molecule is CC1(C)Oc2ccc(N3CCCC(=S(=O)=O)C3(C(=O)O)C(=O)NC3CCCCC3)cc2CC1(N)O. The highest BCUT2D eigenvalue weighted by atomic mass is 32.2. The number of nitrogens with two attached hydrogens (primary N) is 1. The minimum absolute atomic E-state index is 0.0260. The van der Waals surface area contributed by atoms with E-state index >= 15 is 0 Å². The van der Waals surface area contributed by atoms with Gasteiger partial charge in [-0.1, -0.05) is 19.3 Å². The van der Waals surface area contributed by atoms with Crippen LogP contribution in [0.5, 0.6) is 5.75 Å². The van der Waals surface area contributed by atoms with Gasteiger partial charge in [-0.15, -0.1) is 0 Å². The van der Waals surface area contributed by atoms with Crippen LogP contribution in [0, 0.1) is 0 Å². The van der Waals surface area contributed by atoms with E-state index in [1.807, 2.05) is 0 Å². The Morgan fingerprint density at radius 1 is 1.17 bits per heavy atom. The molecule has 2 aliphatic heterocycles. The Balaban J connectivity index is 1.81. The first-order valence-corrected chi connectivity index (χ1v) is 13.1. The molecule has 0 radical (unpaired) electrons. The van der Waals surface area contributed by atoms with Gasteiger partial charge in [0, 0.05) is 30.3 Å². The van der Waals surface area contributed by atoms with Gasteiger partial charge in [0.25, 0.3) is 11.4 Å². The number of rotatable bonds is 4. The molecule has 2 unspecified atom stereocenters. The van der Waals surface area contributed by atoms with E-state index in [-0.39, 0.29) is 30.3 Å². The molecule has 1 amide bonds. The van der Waals surface area contributed by atoms with Gasteiger partial charge in [0.2, 0.25) is 10.3 Å². The Morgan fingerprint density at radius 3 is 2.49 bits per heavy atom. The van der Waals surface area contributed by atoms with Crippen molar-refractivity contribution >= 4 is 32.7 Å². The molecule has 2 atom stereocenters. The number of carbonyl (C=O) groups excluding carboxylic acids is 1. The van der Waals surface area contributed by atoms with E-state index in [1.54, 1.807) is 32.0 Å². The molecule has 192 valence electrons. The van der Waals surface area contributed by atoms with Crippen molar-refractivity contribution in [2.75, 3.05) is 11.4 Å². The molecule has 2 fully saturated rings. The number of benzene rings is 1. The predicted octanol–water partition coefficient (Wildman–Crippen LogP) is 0.971. The number of ether oxygens (including phenoxy) is 1. The van der Waals surface area contributed by atoms with Gasteiger partial charge >= 0.3 is 5.97 Å². The molecule has 10 nitrogen and oxygen atoms in total. The van der Waals surface area contributed by atoms with E-state index in [1.165, 1.54) is 4.90 Å². The second-order valence-electron chi connectivity index (χ2n) is 10.2. The minimum atomic E-state index is -2.89. The summed E-state index contributed by atoms with van der Waals surface area (Å²) in [6.45, 7) is 3.50. The summed E-state index contributed by atoms with van der Waals surface area (Å²) < 4.78 is 30.4. The topological polar surface area (TPSA) is 159 Å². The molecular formula is C24H33N3O7S. The van der Waals surface area contributed by atoms with Crippen molar-refractivity contribution in [1.82, 2.24) is 5.32 Å². The van der Waals surface area contributed by atoms with Crippen molar-refractivity contribution in [3.05, 3.63) is 23.8 Å². The van der Waals surface area contributed by atoms with Crippen LogP contribution in [-0.2, 0) is 26.3 Å². The fourth-order valence-electron chi connectivity index (χ4n) is 5.38. The lowest BCUT2D eigenvalue weighted by Gasteiger charge is -2.46. The second-order valence-corrected chi connectivity index (χ2v) is 11.2. The number of nitrogens with one attached hydrogen (secondary N) is 1. The molecule has 11 heteroatoms. The number of carboxylic acid groups (broad SMARTS) is 1. The van der Waals surface area contributed by atoms with Gasteiger partial charge in [-0.05, 0) is 57.7 Å². The Morgan fingerprint density at radius 2 is 1.86 bits per heavy atom. The smallest absolute Gasteiger partial charge is 0.345 e. The van der Waals surface area contributed by atoms with Crippen LogP contribution in [-0.4, -0.2) is 64.8 Å². The molecule has 2 heterocycles. The lowest BCUT2D eigenvalue weighted by molar-refractivity contribution is -0.146. The molecule has 1 saturated heterocycles. The van der Waals surface area contributed by atoms with E-state index in [0.29, 0.717) is 23.4 Å². The summed E-state index contributed by atoms with van der Waals surface area (Å²) in [6, 6.07) is 4.65. The molecule has 3 aliphatic rings. The van der Waals surface area contributed by atoms with Crippen molar-refractivity contribution in [1.29, 1.82) is 0 Å². The monoisotopic (exact) mass is 507 g/mol. The van der Waals surface area contributed by atoms with Crippen LogP contribution in [0.3, 0.4) is 0 Å². The van der Waals surface area contributed by atoms with E-state index in [0.717, 1.165) is 32.1 Å². The summed E-state index contributed by atoms with van der Waals surface area (Å²) in [5, 5.41) is 24.0. The molecule has 35 heavy (non-hydrogen) atoms. The Labute approximate surface area is 206 Å². The molecule has 1 aromatic rings. The van der Waals surface area contributed by atoms with Gasteiger partial charge in [-0.2, -0.15) is 8.42 Å². The third kappa shape index (κ3) is 4.30. The van der Waals surface area contributed by atoms with Gasteiger partial charge in [0.05, 0.1) is 4.86 Å². The zero-order chi connectivity index (χ0) is 25.6. The van der Waals surface area contributed by atoms with Crippen molar-refractivity contribution < 1.29 is 33.0 Å². The van der Waals surface area contributed by atoms with E-state index < -0.39 is 39.0 Å². The van der Waals surface area contributed by atoms with Crippen LogP contribution in [0.2, 0.25) is 0 Å². The fourth-order valence-corrected chi connectivity index (χ4v) is 6.22. The van der Waals surface area contributed by atoms with Gasteiger partial charge in [0.1, 0.15) is 11.4 Å². The van der Waals surface area contributed by atoms with Crippen molar-refractivity contribution in [2.24, 2.45) is 5.73 Å². The molecule has 0 spiro atoms. The largest absolute Gasteiger partial charge is 0.483 e. The standard InChI is InChI=1S/C24H33N3O7S/c1-22(2)23(25,31)14-15-13-17(10-11-18(15)34-22)27-12-6-9-19(35(32)33)24(27,21(29)30)20(28)26-16-7-4-3-5-8-16/h10-11,13,16,31H,3-9,12,14,25H2,1-2H3,(H,26,28)(H,29,30). The number of fused-ring (bicyclic) bond motifs is 1. The average molecular weight is 508 g/mol. The first kappa shape index (κ1) is 25.5. The third-order valence-electron chi connectivity index (χ3n) is 7.60. The molecule has 1 saturated carbocycles. The highest BCUT2D eigenvalue weighted by Gasteiger charge is 2.58. The Hall–Kier alpha value is -2.63. The number of amides is 1. The Kier molecular flexibility index (Phi) is 6.62. The van der Waals surface area contributed by atoms with Gasteiger partial charge in [-0.3, -0.25) is 4.79 Å². The summed E-state index contributed by atoms with van der Waals surface area (Å²) in [5.41, 5.74) is 1.81. The van der Waals surface area contributed by atoms with Crippen LogP contribution in [0.15, 0.2) is 18.2 Å². The van der Waals surface area contributed by atoms with Crippen LogP contribution < -0.4 is 20.7 Å². The molecule has 0 aromatic heterocycles. The summed E-state index contributed by atoms with van der Waals surface area (Å²) in [4.78, 5) is 27.5. The molecular weight excluding hydrogens is 474 g/mol. The number of piperidine rings is 1. The van der Waals surface area contributed by atoms with Crippen molar-refractivity contribution in [3.63, 3.8) is 0 Å². The van der Waals surface area contributed by atoms with Crippen LogP contribution in [0.1, 0.15) is 64.4 Å². The fraction of sp³-hybridized carbons (Fsp3) is 0.625. The molecule has 0 bridgehead atoms. The molecule has 4 rings (SSSR count). The average Bonchev–Trinajstić information content (AvgIpc) is 2.78. The highest BCUT2D eigenvalue weighted by Crippen LogP contribution is 2.41. The van der Waals surface area contributed by atoms with E-state index in [2.05, 4.69) is 5.32 Å². The first-order chi connectivity index (χ1) is 16.4. The number of carboxylic acids is 1. The normalized spacial score (nSPS) is 28.6. The lowest BCUT2D eigenvalue weighted by atomic mass is 9.82. The summed E-state index contributed by atoms with van der Waals surface area (Å²) in [7, 11) is -2.89. The van der Waals surface area contributed by atoms with Gasteiger partial charge in [0.15, 0.2) is 5.72 Å². The second kappa shape index (κ2) is 9.11. The summed E-state index contributed by atoms with van der Waals surface area (Å²) in [5.74, 6) is -1.91. The highest BCUT2D eigenvalue weighted by molar-refractivity contribution is 7.73. The number of aliphatic hydroxyl groups is 1. The number of anilines is 1.